The summed E-state index contributed by atoms with van der Waals surface area (Å²) in [4.78, 5) is 3.67. The summed E-state index contributed by atoms with van der Waals surface area (Å²) in [5.74, 6) is -0.274. The van der Waals surface area contributed by atoms with Crippen molar-refractivity contribution in [1.29, 1.82) is 0 Å². The topological polar surface area (TPSA) is 67.3 Å². The fourth-order valence-corrected chi connectivity index (χ4v) is 1.71. The highest BCUT2D eigenvalue weighted by Crippen LogP contribution is 2.04. The second-order valence-electron chi connectivity index (χ2n) is 2.21. The predicted octanol–water partition coefficient (Wildman–Crippen LogP) is -0.152. The molecule has 0 atom stereocenters. The maximum absolute atomic E-state index is 11.2. The van der Waals surface area contributed by atoms with E-state index in [2.05, 4.69) is 4.98 Å². The molecule has 0 fully saturated rings. The van der Waals surface area contributed by atoms with Gasteiger partial charge < -0.3 is 5.11 Å². The van der Waals surface area contributed by atoms with Crippen molar-refractivity contribution in [2.45, 2.75) is 5.03 Å². The molecule has 0 aliphatic carbocycles. The third kappa shape index (κ3) is 2.02. The van der Waals surface area contributed by atoms with E-state index in [0.29, 0.717) is 0 Å². The fraction of sp³-hybridized carbons (Fsp3) is 0.286. The lowest BCUT2D eigenvalue weighted by Gasteiger charge is -1.98. The van der Waals surface area contributed by atoms with E-state index >= 15 is 0 Å². The van der Waals surface area contributed by atoms with E-state index in [1.165, 1.54) is 12.3 Å². The third-order valence-corrected chi connectivity index (χ3v) is 2.92. The Bertz CT molecular complexity index is 333. The van der Waals surface area contributed by atoms with Gasteiger partial charge in [0.1, 0.15) is 0 Å². The molecule has 0 radical (unpaired) electrons. The van der Waals surface area contributed by atoms with Crippen LogP contribution in [0.2, 0.25) is 0 Å². The summed E-state index contributed by atoms with van der Waals surface area (Å²) in [6, 6.07) is 4.64. The second kappa shape index (κ2) is 3.64. The molecule has 1 aromatic heterocycles. The van der Waals surface area contributed by atoms with Crippen molar-refractivity contribution in [3.63, 3.8) is 0 Å². The Morgan fingerprint density at radius 1 is 1.42 bits per heavy atom. The van der Waals surface area contributed by atoms with Crippen LogP contribution in [-0.2, 0) is 9.84 Å². The number of hydrogen-bond acceptors (Lipinski definition) is 4. The molecule has 1 aromatic rings. The van der Waals surface area contributed by atoms with E-state index < -0.39 is 9.84 Å². The first kappa shape index (κ1) is 9.15. The summed E-state index contributed by atoms with van der Waals surface area (Å²) in [5.41, 5.74) is 0. The van der Waals surface area contributed by atoms with Crippen molar-refractivity contribution in [2.24, 2.45) is 0 Å². The van der Waals surface area contributed by atoms with E-state index in [4.69, 9.17) is 5.11 Å². The zero-order valence-corrected chi connectivity index (χ0v) is 7.16. The number of nitrogens with zero attached hydrogens (tertiary/aromatic N) is 1. The first-order valence-electron chi connectivity index (χ1n) is 3.41. The van der Waals surface area contributed by atoms with Gasteiger partial charge in [-0.3, -0.25) is 0 Å². The Hall–Kier alpha value is -0.940. The highest BCUT2D eigenvalue weighted by atomic mass is 32.2. The smallest absolute Gasteiger partial charge is 0.197 e. The summed E-state index contributed by atoms with van der Waals surface area (Å²) < 4.78 is 22.4. The number of pyridine rings is 1. The largest absolute Gasteiger partial charge is 0.395 e. The molecule has 12 heavy (non-hydrogen) atoms. The molecule has 0 spiro atoms. The monoisotopic (exact) mass is 187 g/mol. The Morgan fingerprint density at radius 3 is 2.67 bits per heavy atom. The molecule has 0 unspecified atom stereocenters. The van der Waals surface area contributed by atoms with Gasteiger partial charge in [-0.2, -0.15) is 0 Å². The number of hydrogen-bond donors (Lipinski definition) is 1. The van der Waals surface area contributed by atoms with Crippen molar-refractivity contribution in [2.75, 3.05) is 12.4 Å². The molecular formula is C7H9NO3S. The molecule has 0 aliphatic heterocycles. The van der Waals surface area contributed by atoms with E-state index in [9.17, 15) is 8.42 Å². The molecule has 0 aromatic carbocycles. The van der Waals surface area contributed by atoms with Crippen LogP contribution in [-0.4, -0.2) is 30.9 Å². The van der Waals surface area contributed by atoms with Crippen LogP contribution >= 0.6 is 0 Å². The first-order valence-corrected chi connectivity index (χ1v) is 5.07. The number of rotatable bonds is 3. The van der Waals surface area contributed by atoms with Crippen LogP contribution in [0.5, 0.6) is 0 Å². The molecule has 5 heteroatoms. The summed E-state index contributed by atoms with van der Waals surface area (Å²) in [5, 5.41) is 8.47. The van der Waals surface area contributed by atoms with Gasteiger partial charge in [0.05, 0.1) is 12.4 Å². The molecule has 0 bridgehead atoms. The lowest BCUT2D eigenvalue weighted by molar-refractivity contribution is 0.319. The zero-order chi connectivity index (χ0) is 9.03. The molecule has 0 aliphatic rings. The lowest BCUT2D eigenvalue weighted by Crippen LogP contribution is -2.11. The molecule has 1 heterocycles. The minimum Gasteiger partial charge on any atom is -0.395 e. The number of sulfone groups is 1. The normalized spacial score (nSPS) is 11.4. The van der Waals surface area contributed by atoms with Crippen molar-refractivity contribution >= 4 is 9.84 Å². The molecule has 0 saturated carbocycles. The summed E-state index contributed by atoms with van der Waals surface area (Å²) >= 11 is 0. The van der Waals surface area contributed by atoms with Gasteiger partial charge in [-0.25, -0.2) is 13.4 Å². The Morgan fingerprint density at radius 2 is 2.17 bits per heavy atom. The van der Waals surface area contributed by atoms with Gasteiger partial charge in [0.15, 0.2) is 14.9 Å². The summed E-state index contributed by atoms with van der Waals surface area (Å²) in [6.45, 7) is -0.376. The molecule has 1 N–H and O–H groups in total. The number of aromatic nitrogens is 1. The van der Waals surface area contributed by atoms with Crippen molar-refractivity contribution in [1.82, 2.24) is 4.98 Å². The second-order valence-corrected chi connectivity index (χ2v) is 4.27. The van der Waals surface area contributed by atoms with Gasteiger partial charge in [-0.15, -0.1) is 0 Å². The Balaban J connectivity index is 2.99. The van der Waals surface area contributed by atoms with Crippen molar-refractivity contribution < 1.29 is 13.5 Å². The first-order chi connectivity index (χ1) is 5.67. The predicted molar refractivity (Wildman–Crippen MR) is 43.4 cm³/mol. The minimum atomic E-state index is -3.37. The van der Waals surface area contributed by atoms with Crippen LogP contribution in [0, 0.1) is 0 Å². The van der Waals surface area contributed by atoms with Crippen molar-refractivity contribution in [3.05, 3.63) is 24.4 Å². The van der Waals surface area contributed by atoms with Crippen LogP contribution in [0.15, 0.2) is 29.4 Å². The molecule has 1 rings (SSSR count). The van der Waals surface area contributed by atoms with E-state index in [-0.39, 0.29) is 17.4 Å². The lowest BCUT2D eigenvalue weighted by atomic mass is 10.5. The van der Waals surface area contributed by atoms with Crippen LogP contribution in [0.3, 0.4) is 0 Å². The third-order valence-electron chi connectivity index (χ3n) is 1.32. The van der Waals surface area contributed by atoms with Gasteiger partial charge in [0.2, 0.25) is 0 Å². The zero-order valence-electron chi connectivity index (χ0n) is 6.34. The van der Waals surface area contributed by atoms with Crippen LogP contribution in [0.25, 0.3) is 0 Å². The van der Waals surface area contributed by atoms with Crippen LogP contribution < -0.4 is 0 Å². The molecule has 66 valence electrons. The molecular weight excluding hydrogens is 178 g/mol. The van der Waals surface area contributed by atoms with Gasteiger partial charge >= 0.3 is 0 Å². The van der Waals surface area contributed by atoms with Gasteiger partial charge in [0, 0.05) is 6.20 Å². The molecule has 0 saturated heterocycles. The van der Waals surface area contributed by atoms with E-state index in [1.54, 1.807) is 12.1 Å². The van der Waals surface area contributed by atoms with Crippen molar-refractivity contribution in [3.8, 4) is 0 Å². The average molecular weight is 187 g/mol. The van der Waals surface area contributed by atoms with Gasteiger partial charge in [0.25, 0.3) is 0 Å². The Kier molecular flexibility index (Phi) is 2.78. The molecule has 4 nitrogen and oxygen atoms in total. The highest BCUT2D eigenvalue weighted by Gasteiger charge is 2.13. The molecule has 0 amide bonds. The van der Waals surface area contributed by atoms with Crippen LogP contribution in [0.4, 0.5) is 0 Å². The quantitative estimate of drug-likeness (QED) is 0.714. The number of aliphatic hydroxyl groups is 1. The standard InChI is InChI=1S/C7H9NO3S/c9-5-6-12(10,11)7-3-1-2-4-8-7/h1-4,9H,5-6H2. The minimum absolute atomic E-state index is 0.0130. The maximum atomic E-state index is 11.2. The SMILES string of the molecule is O=S(=O)(CCO)c1ccccn1. The summed E-state index contributed by atoms with van der Waals surface area (Å²) in [6.07, 6.45) is 1.41. The van der Waals surface area contributed by atoms with Gasteiger partial charge in [-0.1, -0.05) is 6.07 Å². The Labute approximate surface area is 70.8 Å². The van der Waals surface area contributed by atoms with Crippen LogP contribution in [0.1, 0.15) is 0 Å². The number of aliphatic hydroxyl groups excluding tert-OH is 1. The maximum Gasteiger partial charge on any atom is 0.197 e. The average Bonchev–Trinajstić information content (AvgIpc) is 2.06. The van der Waals surface area contributed by atoms with E-state index in [1.807, 2.05) is 0 Å². The highest BCUT2D eigenvalue weighted by molar-refractivity contribution is 7.91. The fourth-order valence-electron chi connectivity index (χ4n) is 0.756. The van der Waals surface area contributed by atoms with E-state index in [0.717, 1.165) is 0 Å². The van der Waals surface area contributed by atoms with Gasteiger partial charge in [-0.05, 0) is 12.1 Å². The summed E-state index contributed by atoms with van der Waals surface area (Å²) in [7, 11) is -3.37.